The number of amides is 1. The van der Waals surface area contributed by atoms with Crippen molar-refractivity contribution in [1.82, 2.24) is 0 Å². The number of ether oxygens (including phenoxy) is 1. The highest BCUT2D eigenvalue weighted by Gasteiger charge is 2.32. The molecule has 0 aliphatic heterocycles. The van der Waals surface area contributed by atoms with Gasteiger partial charge in [-0.3, -0.25) is 4.79 Å². The quantitative estimate of drug-likeness (QED) is 0.875. The molecule has 2 rings (SSSR count). The first-order chi connectivity index (χ1) is 9.15. The van der Waals surface area contributed by atoms with Crippen molar-refractivity contribution in [2.24, 2.45) is 17.6 Å². The van der Waals surface area contributed by atoms with E-state index in [-0.39, 0.29) is 11.8 Å². The maximum Gasteiger partial charge on any atom is 0.227 e. The molecule has 2 atom stereocenters. The van der Waals surface area contributed by atoms with Crippen molar-refractivity contribution in [3.05, 3.63) is 23.8 Å². The average Bonchev–Trinajstić information content (AvgIpc) is 2.87. The van der Waals surface area contributed by atoms with E-state index in [0.29, 0.717) is 18.2 Å². The zero-order valence-corrected chi connectivity index (χ0v) is 11.6. The van der Waals surface area contributed by atoms with Gasteiger partial charge in [0.25, 0.3) is 0 Å². The number of nitrogens with one attached hydrogen (secondary N) is 1. The van der Waals surface area contributed by atoms with Gasteiger partial charge in [-0.25, -0.2) is 0 Å². The SMILES string of the molecule is COc1ccc(C)cc1NC(=O)C1CCCC1CN. The zero-order chi connectivity index (χ0) is 13.8. The van der Waals surface area contributed by atoms with Crippen LogP contribution in [0.1, 0.15) is 24.8 Å². The molecule has 0 bridgehead atoms. The maximum absolute atomic E-state index is 12.3. The van der Waals surface area contributed by atoms with E-state index in [1.54, 1.807) is 7.11 Å². The second-order valence-corrected chi connectivity index (χ2v) is 5.23. The fraction of sp³-hybridized carbons (Fsp3) is 0.533. The molecular formula is C15H22N2O2. The Bertz CT molecular complexity index is 459. The lowest BCUT2D eigenvalue weighted by molar-refractivity contribution is -0.120. The molecule has 104 valence electrons. The molecule has 2 unspecified atom stereocenters. The van der Waals surface area contributed by atoms with Crippen molar-refractivity contribution in [2.45, 2.75) is 26.2 Å². The standard InChI is InChI=1S/C15H22N2O2/c1-10-6-7-14(19-2)13(8-10)17-15(18)12-5-3-4-11(12)9-16/h6-8,11-12H,3-5,9,16H2,1-2H3,(H,17,18). The van der Waals surface area contributed by atoms with Crippen molar-refractivity contribution in [2.75, 3.05) is 19.0 Å². The van der Waals surface area contributed by atoms with Gasteiger partial charge in [-0.15, -0.1) is 0 Å². The molecule has 0 heterocycles. The largest absolute Gasteiger partial charge is 0.495 e. The molecule has 1 aliphatic carbocycles. The van der Waals surface area contributed by atoms with E-state index in [4.69, 9.17) is 10.5 Å². The Kier molecular flexibility index (Phi) is 4.43. The predicted molar refractivity (Wildman–Crippen MR) is 76.2 cm³/mol. The molecule has 4 heteroatoms. The molecule has 1 aromatic rings. The molecule has 4 nitrogen and oxygen atoms in total. The highest BCUT2D eigenvalue weighted by Crippen LogP contribution is 2.33. The first-order valence-corrected chi connectivity index (χ1v) is 6.81. The van der Waals surface area contributed by atoms with Crippen molar-refractivity contribution >= 4 is 11.6 Å². The highest BCUT2D eigenvalue weighted by atomic mass is 16.5. The zero-order valence-electron chi connectivity index (χ0n) is 11.6. The summed E-state index contributed by atoms with van der Waals surface area (Å²) in [5, 5.41) is 2.99. The Balaban J connectivity index is 2.12. The van der Waals surface area contributed by atoms with Gasteiger partial charge >= 0.3 is 0 Å². The van der Waals surface area contributed by atoms with E-state index in [1.165, 1.54) is 0 Å². The molecule has 1 amide bonds. The van der Waals surface area contributed by atoms with Crippen LogP contribution in [-0.4, -0.2) is 19.6 Å². The summed E-state index contributed by atoms with van der Waals surface area (Å²) in [4.78, 5) is 12.3. The van der Waals surface area contributed by atoms with E-state index in [2.05, 4.69) is 5.32 Å². The van der Waals surface area contributed by atoms with Gasteiger partial charge in [-0.2, -0.15) is 0 Å². The summed E-state index contributed by atoms with van der Waals surface area (Å²) < 4.78 is 5.28. The van der Waals surface area contributed by atoms with E-state index in [0.717, 1.165) is 30.5 Å². The number of anilines is 1. The van der Waals surface area contributed by atoms with Crippen molar-refractivity contribution in [1.29, 1.82) is 0 Å². The average molecular weight is 262 g/mol. The Labute approximate surface area is 114 Å². The van der Waals surface area contributed by atoms with Crippen LogP contribution >= 0.6 is 0 Å². The number of aryl methyl sites for hydroxylation is 1. The summed E-state index contributed by atoms with van der Waals surface area (Å²) in [6, 6.07) is 5.77. The molecular weight excluding hydrogens is 240 g/mol. The maximum atomic E-state index is 12.3. The highest BCUT2D eigenvalue weighted by molar-refractivity contribution is 5.94. The van der Waals surface area contributed by atoms with Gasteiger partial charge in [-0.05, 0) is 49.9 Å². The van der Waals surface area contributed by atoms with Crippen LogP contribution in [0.15, 0.2) is 18.2 Å². The van der Waals surface area contributed by atoms with E-state index >= 15 is 0 Å². The van der Waals surface area contributed by atoms with Gasteiger partial charge in [0.15, 0.2) is 0 Å². The number of hydrogen-bond donors (Lipinski definition) is 2. The van der Waals surface area contributed by atoms with Gasteiger partial charge in [0, 0.05) is 5.92 Å². The third kappa shape index (κ3) is 3.07. The minimum Gasteiger partial charge on any atom is -0.495 e. The smallest absolute Gasteiger partial charge is 0.227 e. The molecule has 3 N–H and O–H groups in total. The molecule has 1 fully saturated rings. The molecule has 0 aromatic heterocycles. The summed E-state index contributed by atoms with van der Waals surface area (Å²) in [6.07, 6.45) is 3.08. The molecule has 1 aromatic carbocycles. The van der Waals surface area contributed by atoms with Crippen molar-refractivity contribution in [3.63, 3.8) is 0 Å². The molecule has 19 heavy (non-hydrogen) atoms. The first-order valence-electron chi connectivity index (χ1n) is 6.81. The first kappa shape index (κ1) is 13.9. The lowest BCUT2D eigenvalue weighted by atomic mass is 9.95. The molecule has 1 aliphatic rings. The summed E-state index contributed by atoms with van der Waals surface area (Å²) >= 11 is 0. The van der Waals surface area contributed by atoms with E-state index < -0.39 is 0 Å². The minimum absolute atomic E-state index is 0.0372. The number of carbonyl (C=O) groups is 1. The third-order valence-electron chi connectivity index (χ3n) is 3.91. The molecule has 0 spiro atoms. The van der Waals surface area contributed by atoms with Gasteiger partial charge in [0.2, 0.25) is 5.91 Å². The number of hydrogen-bond acceptors (Lipinski definition) is 3. The fourth-order valence-corrected chi connectivity index (χ4v) is 2.81. The monoisotopic (exact) mass is 262 g/mol. The number of methoxy groups -OCH3 is 1. The van der Waals surface area contributed by atoms with Gasteiger partial charge < -0.3 is 15.8 Å². The summed E-state index contributed by atoms with van der Waals surface area (Å²) in [6.45, 7) is 2.58. The van der Waals surface area contributed by atoms with Crippen LogP contribution in [0.25, 0.3) is 0 Å². The summed E-state index contributed by atoms with van der Waals surface area (Å²) in [7, 11) is 1.61. The number of benzene rings is 1. The Morgan fingerprint density at radius 3 is 2.95 bits per heavy atom. The number of rotatable bonds is 4. The van der Waals surface area contributed by atoms with Crippen LogP contribution in [0.4, 0.5) is 5.69 Å². The lowest BCUT2D eigenvalue weighted by Gasteiger charge is -2.18. The molecule has 1 saturated carbocycles. The summed E-state index contributed by atoms with van der Waals surface area (Å²) in [5.41, 5.74) is 7.57. The predicted octanol–water partition coefficient (Wildman–Crippen LogP) is 2.32. The minimum atomic E-state index is 0.0372. The van der Waals surface area contributed by atoms with Crippen LogP contribution in [0.3, 0.4) is 0 Å². The van der Waals surface area contributed by atoms with Crippen LogP contribution in [0.2, 0.25) is 0 Å². The van der Waals surface area contributed by atoms with Crippen LogP contribution in [-0.2, 0) is 4.79 Å². The van der Waals surface area contributed by atoms with Gasteiger partial charge in [-0.1, -0.05) is 12.5 Å². The Morgan fingerprint density at radius 2 is 2.26 bits per heavy atom. The van der Waals surface area contributed by atoms with Crippen LogP contribution < -0.4 is 15.8 Å². The van der Waals surface area contributed by atoms with Gasteiger partial charge in [0.05, 0.1) is 12.8 Å². The lowest BCUT2D eigenvalue weighted by Crippen LogP contribution is -2.29. The van der Waals surface area contributed by atoms with Crippen LogP contribution in [0.5, 0.6) is 5.75 Å². The fourth-order valence-electron chi connectivity index (χ4n) is 2.81. The van der Waals surface area contributed by atoms with Crippen LogP contribution in [0, 0.1) is 18.8 Å². The molecule has 0 radical (unpaired) electrons. The number of nitrogens with two attached hydrogens (primary N) is 1. The normalized spacial score (nSPS) is 22.3. The Hall–Kier alpha value is -1.55. The second-order valence-electron chi connectivity index (χ2n) is 5.23. The van der Waals surface area contributed by atoms with E-state index in [1.807, 2.05) is 25.1 Å². The Morgan fingerprint density at radius 1 is 1.47 bits per heavy atom. The topological polar surface area (TPSA) is 64.3 Å². The number of carbonyl (C=O) groups excluding carboxylic acids is 1. The van der Waals surface area contributed by atoms with Crippen molar-refractivity contribution < 1.29 is 9.53 Å². The second kappa shape index (κ2) is 6.06. The molecule has 0 saturated heterocycles. The van der Waals surface area contributed by atoms with Gasteiger partial charge in [0.1, 0.15) is 5.75 Å². The van der Waals surface area contributed by atoms with E-state index in [9.17, 15) is 4.79 Å². The van der Waals surface area contributed by atoms with Crippen molar-refractivity contribution in [3.8, 4) is 5.75 Å². The summed E-state index contributed by atoms with van der Waals surface area (Å²) in [5.74, 6) is 1.11. The third-order valence-corrected chi connectivity index (χ3v) is 3.91.